The van der Waals surface area contributed by atoms with Crippen LogP contribution >= 0.6 is 0 Å². The maximum absolute atomic E-state index is 12.9. The molecular weight excluding hydrogens is 326 g/mol. The summed E-state index contributed by atoms with van der Waals surface area (Å²) in [7, 11) is -1.58. The first-order chi connectivity index (χ1) is 11.3. The third-order valence-corrected chi connectivity index (χ3v) is 6.48. The molecule has 1 fully saturated rings. The van der Waals surface area contributed by atoms with Gasteiger partial charge in [-0.15, -0.1) is 0 Å². The van der Waals surface area contributed by atoms with Crippen molar-refractivity contribution in [1.29, 1.82) is 0 Å². The maximum atomic E-state index is 12.9. The molecule has 1 amide bonds. The molecule has 0 N–H and O–H groups in total. The van der Waals surface area contributed by atoms with Crippen LogP contribution in [0.15, 0.2) is 23.1 Å². The number of nitrogens with zero attached hydrogens (tertiary/aromatic N) is 3. The Morgan fingerprint density at radius 1 is 1.12 bits per heavy atom. The Morgan fingerprint density at radius 2 is 1.71 bits per heavy atom. The van der Waals surface area contributed by atoms with Crippen molar-refractivity contribution in [3.63, 3.8) is 0 Å². The lowest BCUT2D eigenvalue weighted by Gasteiger charge is -2.31. The van der Waals surface area contributed by atoms with E-state index in [2.05, 4.69) is 4.90 Å². The number of hydrogen-bond donors (Lipinski definition) is 0. The molecule has 0 saturated carbocycles. The monoisotopic (exact) mass is 353 g/mol. The molecule has 0 spiro atoms. The van der Waals surface area contributed by atoms with Crippen molar-refractivity contribution >= 4 is 15.9 Å². The van der Waals surface area contributed by atoms with E-state index in [9.17, 15) is 13.2 Å². The predicted octanol–water partition coefficient (Wildman–Crippen LogP) is 1.41. The van der Waals surface area contributed by atoms with Crippen molar-refractivity contribution in [2.45, 2.75) is 25.7 Å². The molecule has 0 aromatic heterocycles. The van der Waals surface area contributed by atoms with E-state index >= 15 is 0 Å². The number of carbonyl (C=O) groups is 1. The molecule has 134 valence electrons. The van der Waals surface area contributed by atoms with Crippen molar-refractivity contribution in [1.82, 2.24) is 14.1 Å². The summed E-state index contributed by atoms with van der Waals surface area (Å²) < 4.78 is 27.2. The quantitative estimate of drug-likeness (QED) is 0.803. The summed E-state index contributed by atoms with van der Waals surface area (Å²) in [4.78, 5) is 16.6. The van der Waals surface area contributed by atoms with E-state index in [0.29, 0.717) is 31.7 Å². The van der Waals surface area contributed by atoms with Gasteiger partial charge in [0, 0.05) is 44.8 Å². The van der Waals surface area contributed by atoms with Gasteiger partial charge in [0.2, 0.25) is 10.0 Å². The van der Waals surface area contributed by atoms with Crippen molar-refractivity contribution in [2.24, 2.45) is 0 Å². The number of rotatable bonds is 5. The zero-order valence-corrected chi connectivity index (χ0v) is 15.8. The van der Waals surface area contributed by atoms with Crippen LogP contribution in [0, 0.1) is 6.92 Å². The van der Waals surface area contributed by atoms with E-state index in [0.717, 1.165) is 18.7 Å². The third-order valence-electron chi connectivity index (χ3n) is 4.59. The van der Waals surface area contributed by atoms with Crippen LogP contribution in [0.1, 0.15) is 29.8 Å². The highest BCUT2D eigenvalue weighted by Crippen LogP contribution is 2.21. The van der Waals surface area contributed by atoms with E-state index in [1.54, 1.807) is 17.0 Å². The number of sulfonamides is 1. The topological polar surface area (TPSA) is 60.9 Å². The van der Waals surface area contributed by atoms with Crippen LogP contribution in [-0.2, 0) is 10.0 Å². The fraction of sp³-hybridized carbons (Fsp3) is 0.588. The molecule has 24 heavy (non-hydrogen) atoms. The lowest BCUT2D eigenvalue weighted by atomic mass is 10.1. The molecule has 1 aromatic rings. The van der Waals surface area contributed by atoms with Gasteiger partial charge in [-0.3, -0.25) is 4.79 Å². The minimum Gasteiger partial charge on any atom is -0.339 e. The van der Waals surface area contributed by atoms with E-state index < -0.39 is 10.0 Å². The molecule has 1 aromatic carbocycles. The highest BCUT2D eigenvalue weighted by Gasteiger charge is 2.28. The summed E-state index contributed by atoms with van der Waals surface area (Å²) in [6.07, 6.45) is 0. The fourth-order valence-corrected chi connectivity index (χ4v) is 4.30. The van der Waals surface area contributed by atoms with Gasteiger partial charge in [-0.1, -0.05) is 6.07 Å². The fourth-order valence-electron chi connectivity index (χ4n) is 2.85. The van der Waals surface area contributed by atoms with Crippen molar-refractivity contribution in [2.75, 3.05) is 46.3 Å². The van der Waals surface area contributed by atoms with Gasteiger partial charge < -0.3 is 9.80 Å². The Balaban J connectivity index is 2.35. The van der Waals surface area contributed by atoms with Crippen LogP contribution in [0.25, 0.3) is 0 Å². The number of amides is 1. The van der Waals surface area contributed by atoms with Gasteiger partial charge in [-0.2, -0.15) is 4.31 Å². The van der Waals surface area contributed by atoms with Gasteiger partial charge in [0.1, 0.15) is 0 Å². The second kappa shape index (κ2) is 7.63. The minimum atomic E-state index is -3.56. The Labute approximate surface area is 145 Å². The molecule has 0 aliphatic carbocycles. The molecule has 7 heteroatoms. The van der Waals surface area contributed by atoms with E-state index in [4.69, 9.17) is 0 Å². The zero-order chi connectivity index (χ0) is 17.9. The average molecular weight is 353 g/mol. The van der Waals surface area contributed by atoms with E-state index in [-0.39, 0.29) is 10.8 Å². The Kier molecular flexibility index (Phi) is 6.01. The number of benzene rings is 1. The molecule has 1 aliphatic rings. The molecule has 1 saturated heterocycles. The number of piperazine rings is 1. The van der Waals surface area contributed by atoms with E-state index in [1.165, 1.54) is 10.4 Å². The molecule has 0 unspecified atom stereocenters. The average Bonchev–Trinajstić information content (AvgIpc) is 2.56. The number of carbonyl (C=O) groups excluding carboxylic acids is 1. The Hall–Kier alpha value is -1.44. The highest BCUT2D eigenvalue weighted by molar-refractivity contribution is 7.89. The van der Waals surface area contributed by atoms with Gasteiger partial charge in [-0.25, -0.2) is 8.42 Å². The molecular formula is C17H27N3O3S. The highest BCUT2D eigenvalue weighted by atomic mass is 32.2. The van der Waals surface area contributed by atoms with Crippen LogP contribution in [0.2, 0.25) is 0 Å². The van der Waals surface area contributed by atoms with Crippen LogP contribution in [-0.4, -0.2) is 74.7 Å². The molecule has 0 bridgehead atoms. The minimum absolute atomic E-state index is 0.118. The van der Waals surface area contributed by atoms with Gasteiger partial charge in [-0.05, 0) is 45.5 Å². The zero-order valence-electron chi connectivity index (χ0n) is 14.9. The van der Waals surface area contributed by atoms with Crippen molar-refractivity contribution in [3.8, 4) is 0 Å². The van der Waals surface area contributed by atoms with Crippen molar-refractivity contribution in [3.05, 3.63) is 29.3 Å². The third kappa shape index (κ3) is 3.79. The van der Waals surface area contributed by atoms with Crippen LogP contribution in [0.4, 0.5) is 0 Å². The van der Waals surface area contributed by atoms with Gasteiger partial charge in [0.25, 0.3) is 5.91 Å². The smallest absolute Gasteiger partial charge is 0.254 e. The number of hydrogen-bond acceptors (Lipinski definition) is 4. The standard InChI is InChI=1S/C17H27N3O3S/c1-5-19(6-2)17(21)16-13-15(8-7-14(16)3)24(22,23)20-11-9-18(4)10-12-20/h7-8,13H,5-6,9-12H2,1-4H3. The summed E-state index contributed by atoms with van der Waals surface area (Å²) in [6, 6.07) is 4.85. The Morgan fingerprint density at radius 3 is 2.25 bits per heavy atom. The normalized spacial score (nSPS) is 17.0. The second-order valence-electron chi connectivity index (χ2n) is 6.16. The lowest BCUT2D eigenvalue weighted by Crippen LogP contribution is -2.47. The first-order valence-corrected chi connectivity index (χ1v) is 9.83. The first-order valence-electron chi connectivity index (χ1n) is 8.39. The molecule has 1 aliphatic heterocycles. The molecule has 6 nitrogen and oxygen atoms in total. The van der Waals surface area contributed by atoms with E-state index in [1.807, 2.05) is 27.8 Å². The van der Waals surface area contributed by atoms with Gasteiger partial charge in [0.15, 0.2) is 0 Å². The summed E-state index contributed by atoms with van der Waals surface area (Å²) >= 11 is 0. The number of aryl methyl sites for hydroxylation is 1. The maximum Gasteiger partial charge on any atom is 0.254 e. The SMILES string of the molecule is CCN(CC)C(=O)c1cc(S(=O)(=O)N2CCN(C)CC2)ccc1C. The summed E-state index contributed by atoms with van der Waals surface area (Å²) in [5.74, 6) is -0.118. The predicted molar refractivity (Wildman–Crippen MR) is 94.7 cm³/mol. The second-order valence-corrected chi connectivity index (χ2v) is 8.10. The summed E-state index contributed by atoms with van der Waals surface area (Å²) in [5.41, 5.74) is 1.26. The van der Waals surface area contributed by atoms with Gasteiger partial charge >= 0.3 is 0 Å². The molecule has 0 atom stereocenters. The number of likely N-dealkylation sites (N-methyl/N-ethyl adjacent to an activating group) is 1. The lowest BCUT2D eigenvalue weighted by molar-refractivity contribution is 0.0772. The summed E-state index contributed by atoms with van der Waals surface area (Å²) in [5, 5.41) is 0. The first kappa shape index (κ1) is 18.9. The van der Waals surface area contributed by atoms with Crippen molar-refractivity contribution < 1.29 is 13.2 Å². The largest absolute Gasteiger partial charge is 0.339 e. The van der Waals surface area contributed by atoms with Crippen LogP contribution in [0.3, 0.4) is 0 Å². The van der Waals surface area contributed by atoms with Gasteiger partial charge in [0.05, 0.1) is 4.90 Å². The molecule has 1 heterocycles. The molecule has 0 radical (unpaired) electrons. The molecule has 2 rings (SSSR count). The van der Waals surface area contributed by atoms with Crippen LogP contribution < -0.4 is 0 Å². The Bertz CT molecular complexity index is 691. The summed E-state index contributed by atoms with van der Waals surface area (Å²) in [6.45, 7) is 9.27. The van der Waals surface area contributed by atoms with Crippen LogP contribution in [0.5, 0.6) is 0 Å².